The predicted molar refractivity (Wildman–Crippen MR) is 103 cm³/mol. The molecule has 1 aromatic heterocycles. The largest absolute Gasteiger partial charge is 0.503 e. The third kappa shape index (κ3) is 5.14. The van der Waals surface area contributed by atoms with Gasteiger partial charge in [-0.1, -0.05) is 12.8 Å². The second-order valence-electron chi connectivity index (χ2n) is 7.89. The van der Waals surface area contributed by atoms with Gasteiger partial charge in [0.2, 0.25) is 5.69 Å². The van der Waals surface area contributed by atoms with Crippen LogP contribution in [-0.4, -0.2) is 27.5 Å². The third-order valence-corrected chi connectivity index (χ3v) is 5.64. The molecule has 0 spiro atoms. The molecule has 1 heterocycles. The summed E-state index contributed by atoms with van der Waals surface area (Å²) in [4.78, 5) is 24.1. The summed E-state index contributed by atoms with van der Waals surface area (Å²) in [6, 6.07) is 1.44. The Morgan fingerprint density at radius 2 is 1.64 bits per heavy atom. The highest BCUT2D eigenvalue weighted by molar-refractivity contribution is 5.87. The SMILES string of the molecule is CCOC(=O)c1nn(CC2(c3cc(C(F)(F)F)cc(C(F)(F)F)c3)CCCC2)cc(O)c1=O. The minimum absolute atomic E-state index is 0.0639. The molecule has 180 valence electrons. The van der Waals surface area contributed by atoms with E-state index in [1.807, 2.05) is 0 Å². The number of carbonyl (C=O) groups is 1. The van der Waals surface area contributed by atoms with Crippen LogP contribution in [0.5, 0.6) is 5.75 Å². The van der Waals surface area contributed by atoms with Gasteiger partial charge in [-0.2, -0.15) is 31.4 Å². The van der Waals surface area contributed by atoms with Gasteiger partial charge in [-0.05, 0) is 43.5 Å². The van der Waals surface area contributed by atoms with E-state index in [0.29, 0.717) is 25.0 Å². The van der Waals surface area contributed by atoms with Crippen molar-refractivity contribution in [3.63, 3.8) is 0 Å². The number of carbonyl (C=O) groups excluding carboxylic acids is 1. The Bertz CT molecular complexity index is 1070. The molecule has 0 aliphatic heterocycles. The summed E-state index contributed by atoms with van der Waals surface area (Å²) >= 11 is 0. The topological polar surface area (TPSA) is 81.4 Å². The van der Waals surface area contributed by atoms with Gasteiger partial charge in [0.25, 0.3) is 5.43 Å². The minimum atomic E-state index is -5.00. The Labute approximate surface area is 183 Å². The summed E-state index contributed by atoms with van der Waals surface area (Å²) in [5.41, 5.74) is -6.06. The Balaban J connectivity index is 2.14. The average Bonchev–Trinajstić information content (AvgIpc) is 3.18. The third-order valence-electron chi connectivity index (χ3n) is 5.64. The van der Waals surface area contributed by atoms with Crippen LogP contribution in [0.1, 0.15) is 59.8 Å². The van der Waals surface area contributed by atoms with E-state index in [2.05, 4.69) is 5.10 Å². The Kier molecular flexibility index (Phi) is 6.49. The number of rotatable bonds is 5. The normalized spacial score (nSPS) is 16.1. The molecule has 0 radical (unpaired) electrons. The van der Waals surface area contributed by atoms with Gasteiger partial charge in [0, 0.05) is 5.41 Å². The molecule has 0 unspecified atom stereocenters. The van der Waals surface area contributed by atoms with Crippen molar-refractivity contribution >= 4 is 5.97 Å². The van der Waals surface area contributed by atoms with E-state index in [4.69, 9.17) is 4.74 Å². The molecule has 2 aromatic rings. The van der Waals surface area contributed by atoms with E-state index < -0.39 is 51.7 Å². The first-order chi connectivity index (χ1) is 15.3. The van der Waals surface area contributed by atoms with Gasteiger partial charge >= 0.3 is 18.3 Å². The van der Waals surface area contributed by atoms with Gasteiger partial charge in [0.1, 0.15) is 0 Å². The quantitative estimate of drug-likeness (QED) is 0.499. The van der Waals surface area contributed by atoms with E-state index in [1.165, 1.54) is 6.92 Å². The van der Waals surface area contributed by atoms with Crippen molar-refractivity contribution < 1.29 is 41.0 Å². The second-order valence-corrected chi connectivity index (χ2v) is 7.89. The van der Waals surface area contributed by atoms with E-state index in [-0.39, 0.29) is 37.6 Å². The van der Waals surface area contributed by atoms with Crippen molar-refractivity contribution in [1.82, 2.24) is 9.78 Å². The monoisotopic (exact) mass is 478 g/mol. The van der Waals surface area contributed by atoms with Crippen molar-refractivity contribution in [1.29, 1.82) is 0 Å². The lowest BCUT2D eigenvalue weighted by Crippen LogP contribution is -2.32. The van der Waals surface area contributed by atoms with E-state index in [1.54, 1.807) is 0 Å². The van der Waals surface area contributed by atoms with Crippen LogP contribution in [0.3, 0.4) is 0 Å². The van der Waals surface area contributed by atoms with E-state index in [0.717, 1.165) is 10.9 Å². The highest BCUT2D eigenvalue weighted by atomic mass is 19.4. The first kappa shape index (κ1) is 24.6. The fraction of sp³-hybridized carbons (Fsp3) is 0.476. The molecule has 1 aliphatic rings. The molecule has 1 aliphatic carbocycles. The van der Waals surface area contributed by atoms with Gasteiger partial charge in [0.05, 0.1) is 30.5 Å². The number of halogens is 6. The van der Waals surface area contributed by atoms with Crippen molar-refractivity contribution in [2.45, 2.75) is 56.9 Å². The Morgan fingerprint density at radius 3 is 2.12 bits per heavy atom. The van der Waals surface area contributed by atoms with Crippen molar-refractivity contribution in [2.75, 3.05) is 6.61 Å². The zero-order valence-electron chi connectivity index (χ0n) is 17.4. The summed E-state index contributed by atoms with van der Waals surface area (Å²) in [6.07, 6.45) is -7.54. The standard InChI is InChI=1S/C21H20F6N2O4/c1-2-33-18(32)16-17(31)15(30)10-29(28-16)11-19(5-3-4-6-19)12-7-13(20(22,23)24)9-14(8-12)21(25,26)27/h7-10,30H,2-6,11H2,1H3. The maximum Gasteiger partial charge on any atom is 0.416 e. The zero-order chi connectivity index (χ0) is 24.6. The molecular weight excluding hydrogens is 458 g/mol. The number of aromatic nitrogens is 2. The fourth-order valence-electron chi connectivity index (χ4n) is 4.10. The van der Waals surface area contributed by atoms with Crippen molar-refractivity contribution in [3.8, 4) is 5.75 Å². The lowest BCUT2D eigenvalue weighted by Gasteiger charge is -2.31. The molecule has 0 amide bonds. The molecule has 0 atom stereocenters. The Morgan fingerprint density at radius 1 is 1.09 bits per heavy atom. The summed E-state index contributed by atoms with van der Waals surface area (Å²) < 4.78 is 86.0. The summed E-state index contributed by atoms with van der Waals surface area (Å²) in [7, 11) is 0. The summed E-state index contributed by atoms with van der Waals surface area (Å²) in [5.74, 6) is -1.95. The van der Waals surface area contributed by atoms with Crippen LogP contribution < -0.4 is 5.43 Å². The molecule has 1 aromatic carbocycles. The molecule has 0 bridgehead atoms. The van der Waals surface area contributed by atoms with Crippen LogP contribution in [0.4, 0.5) is 26.3 Å². The summed E-state index contributed by atoms with van der Waals surface area (Å²) in [6.45, 7) is 1.15. The maximum absolute atomic E-state index is 13.4. The van der Waals surface area contributed by atoms with E-state index >= 15 is 0 Å². The molecule has 6 nitrogen and oxygen atoms in total. The Hall–Kier alpha value is -3.05. The van der Waals surface area contributed by atoms with Gasteiger partial charge in [-0.25, -0.2) is 4.79 Å². The number of hydrogen-bond acceptors (Lipinski definition) is 5. The molecular formula is C21H20F6N2O4. The van der Waals surface area contributed by atoms with Crippen LogP contribution in [0.15, 0.2) is 29.2 Å². The highest BCUT2D eigenvalue weighted by Crippen LogP contribution is 2.46. The second kappa shape index (κ2) is 8.71. The van der Waals surface area contributed by atoms with Crippen LogP contribution in [0, 0.1) is 0 Å². The number of benzene rings is 1. The predicted octanol–water partition coefficient (Wildman–Crippen LogP) is 4.68. The number of hydrogen-bond donors (Lipinski definition) is 1. The van der Waals surface area contributed by atoms with Crippen LogP contribution in [0.2, 0.25) is 0 Å². The van der Waals surface area contributed by atoms with Gasteiger partial charge in [-0.15, -0.1) is 0 Å². The lowest BCUT2D eigenvalue weighted by atomic mass is 9.77. The molecule has 3 rings (SSSR count). The highest BCUT2D eigenvalue weighted by Gasteiger charge is 2.42. The average molecular weight is 478 g/mol. The van der Waals surface area contributed by atoms with Crippen molar-refractivity contribution in [3.05, 3.63) is 57.0 Å². The lowest BCUT2D eigenvalue weighted by molar-refractivity contribution is -0.143. The number of nitrogens with zero attached hydrogens (tertiary/aromatic N) is 2. The number of alkyl halides is 6. The molecule has 33 heavy (non-hydrogen) atoms. The molecule has 1 fully saturated rings. The molecule has 1 N–H and O–H groups in total. The molecule has 12 heteroatoms. The maximum atomic E-state index is 13.4. The molecule has 1 saturated carbocycles. The van der Waals surface area contributed by atoms with Crippen LogP contribution in [-0.2, 0) is 29.0 Å². The minimum Gasteiger partial charge on any atom is -0.503 e. The number of esters is 1. The number of aromatic hydroxyl groups is 1. The first-order valence-corrected chi connectivity index (χ1v) is 10.0. The van der Waals surface area contributed by atoms with Crippen LogP contribution in [0.25, 0.3) is 0 Å². The van der Waals surface area contributed by atoms with Crippen LogP contribution >= 0.6 is 0 Å². The smallest absolute Gasteiger partial charge is 0.416 e. The van der Waals surface area contributed by atoms with Gasteiger partial charge in [-0.3, -0.25) is 9.48 Å². The first-order valence-electron chi connectivity index (χ1n) is 10.0. The van der Waals surface area contributed by atoms with Gasteiger partial charge < -0.3 is 9.84 Å². The fourth-order valence-corrected chi connectivity index (χ4v) is 4.10. The number of ether oxygens (including phenoxy) is 1. The van der Waals surface area contributed by atoms with E-state index in [9.17, 15) is 41.0 Å². The summed E-state index contributed by atoms with van der Waals surface area (Å²) in [5, 5.41) is 13.8. The van der Waals surface area contributed by atoms with Crippen molar-refractivity contribution in [2.24, 2.45) is 0 Å². The molecule has 0 saturated heterocycles. The van der Waals surface area contributed by atoms with Gasteiger partial charge in [0.15, 0.2) is 5.75 Å². The zero-order valence-corrected chi connectivity index (χ0v) is 17.4.